The lowest BCUT2D eigenvalue weighted by molar-refractivity contribution is -0.133. The third kappa shape index (κ3) is 6.35. The molecular formula is C20H25ClN4O3S. The van der Waals surface area contributed by atoms with Gasteiger partial charge in [0, 0.05) is 37.6 Å². The Bertz CT molecular complexity index is 810. The predicted octanol–water partition coefficient (Wildman–Crippen LogP) is 2.72. The third-order valence-corrected chi connectivity index (χ3v) is 6.11. The van der Waals surface area contributed by atoms with Crippen molar-refractivity contribution in [3.63, 3.8) is 0 Å². The average Bonchev–Trinajstić information content (AvgIpc) is 3.24. The number of primary amides is 1. The number of amides is 3. The minimum absolute atomic E-state index is 0.0177. The van der Waals surface area contributed by atoms with Gasteiger partial charge in [-0.2, -0.15) is 0 Å². The number of nitrogens with zero attached hydrogens (tertiary/aromatic N) is 2. The maximum Gasteiger partial charge on any atom is 0.312 e. The number of rotatable bonds is 8. The van der Waals surface area contributed by atoms with Crippen LogP contribution in [0.1, 0.15) is 17.3 Å². The summed E-state index contributed by atoms with van der Waals surface area (Å²) in [4.78, 5) is 29.0. The normalized spacial score (nSPS) is 15.7. The minimum atomic E-state index is -0.625. The molecule has 0 spiro atoms. The van der Waals surface area contributed by atoms with Crippen molar-refractivity contribution in [2.75, 3.05) is 39.3 Å². The van der Waals surface area contributed by atoms with Gasteiger partial charge in [0.15, 0.2) is 0 Å². The predicted molar refractivity (Wildman–Crippen MR) is 114 cm³/mol. The summed E-state index contributed by atoms with van der Waals surface area (Å²) < 4.78 is 5.74. The summed E-state index contributed by atoms with van der Waals surface area (Å²) in [7, 11) is 0. The van der Waals surface area contributed by atoms with Crippen LogP contribution in [0.4, 0.5) is 4.79 Å². The second kappa shape index (κ2) is 10.5. The van der Waals surface area contributed by atoms with E-state index in [2.05, 4.69) is 10.2 Å². The van der Waals surface area contributed by atoms with Crippen LogP contribution >= 0.6 is 22.9 Å². The van der Waals surface area contributed by atoms with Gasteiger partial charge in [0.05, 0.1) is 17.5 Å². The second-order valence-electron chi connectivity index (χ2n) is 6.78. The summed E-state index contributed by atoms with van der Waals surface area (Å²) in [6.45, 7) is 4.18. The second-order valence-corrected chi connectivity index (χ2v) is 8.17. The Morgan fingerprint density at radius 3 is 2.59 bits per heavy atom. The van der Waals surface area contributed by atoms with Crippen LogP contribution in [-0.2, 0) is 4.79 Å². The fourth-order valence-corrected chi connectivity index (χ4v) is 4.22. The van der Waals surface area contributed by atoms with Crippen molar-refractivity contribution in [1.82, 2.24) is 15.1 Å². The maximum absolute atomic E-state index is 12.7. The lowest BCUT2D eigenvalue weighted by Crippen LogP contribution is -2.50. The molecule has 0 aliphatic carbocycles. The van der Waals surface area contributed by atoms with Crippen LogP contribution in [0, 0.1) is 0 Å². The summed E-state index contributed by atoms with van der Waals surface area (Å²) in [6.07, 6.45) is 0.207. The highest BCUT2D eigenvalue weighted by Crippen LogP contribution is 2.24. The first kappa shape index (κ1) is 21.4. The molecular weight excluding hydrogens is 412 g/mol. The van der Waals surface area contributed by atoms with Crippen molar-refractivity contribution in [3.8, 4) is 5.75 Å². The highest BCUT2D eigenvalue weighted by atomic mass is 35.5. The van der Waals surface area contributed by atoms with E-state index in [1.54, 1.807) is 6.07 Å². The van der Waals surface area contributed by atoms with Crippen LogP contribution in [0.15, 0.2) is 41.8 Å². The molecule has 1 fully saturated rings. The molecule has 0 radical (unpaired) electrons. The van der Waals surface area contributed by atoms with Crippen molar-refractivity contribution < 1.29 is 14.3 Å². The molecule has 0 bridgehead atoms. The Balaban J connectivity index is 1.43. The lowest BCUT2D eigenvalue weighted by Gasteiger charge is -2.35. The Kier molecular flexibility index (Phi) is 7.74. The highest BCUT2D eigenvalue weighted by Gasteiger charge is 2.25. The van der Waals surface area contributed by atoms with Crippen LogP contribution in [0.25, 0.3) is 0 Å². The van der Waals surface area contributed by atoms with Gasteiger partial charge in [0.25, 0.3) is 0 Å². The molecule has 9 heteroatoms. The number of nitrogens with one attached hydrogen (secondary N) is 1. The highest BCUT2D eigenvalue weighted by molar-refractivity contribution is 7.10. The zero-order chi connectivity index (χ0) is 20.6. The molecule has 7 nitrogen and oxygen atoms in total. The lowest BCUT2D eigenvalue weighted by atomic mass is 10.1. The zero-order valence-corrected chi connectivity index (χ0v) is 17.6. The van der Waals surface area contributed by atoms with Crippen molar-refractivity contribution in [2.24, 2.45) is 5.73 Å². The molecule has 3 rings (SSSR count). The molecule has 2 aromatic rings. The van der Waals surface area contributed by atoms with Crippen LogP contribution in [0.3, 0.4) is 0 Å². The van der Waals surface area contributed by atoms with E-state index in [4.69, 9.17) is 22.1 Å². The summed E-state index contributed by atoms with van der Waals surface area (Å²) in [5.74, 6) is 0.702. The number of urea groups is 1. The first-order valence-electron chi connectivity index (χ1n) is 9.50. The number of para-hydroxylation sites is 1. The Labute approximate surface area is 179 Å². The van der Waals surface area contributed by atoms with Gasteiger partial charge in [-0.3, -0.25) is 9.69 Å². The zero-order valence-electron chi connectivity index (χ0n) is 16.1. The van der Waals surface area contributed by atoms with Crippen LogP contribution < -0.4 is 15.8 Å². The Morgan fingerprint density at radius 2 is 1.93 bits per heavy atom. The van der Waals surface area contributed by atoms with Gasteiger partial charge in [-0.1, -0.05) is 29.8 Å². The van der Waals surface area contributed by atoms with E-state index in [9.17, 15) is 9.59 Å². The van der Waals surface area contributed by atoms with Crippen LogP contribution in [-0.4, -0.2) is 61.1 Å². The van der Waals surface area contributed by atoms with Gasteiger partial charge in [-0.15, -0.1) is 11.3 Å². The molecule has 1 aromatic heterocycles. The van der Waals surface area contributed by atoms with Crippen molar-refractivity contribution in [3.05, 3.63) is 51.7 Å². The molecule has 1 aliphatic rings. The number of ether oxygens (including phenoxy) is 1. The van der Waals surface area contributed by atoms with E-state index < -0.39 is 6.03 Å². The number of hydrogen-bond donors (Lipinski definition) is 2. The standard InChI is InChI=1S/C20H25ClN4O3S/c21-15-4-1-2-5-17(15)28-12-11-24-7-9-25(10-8-24)19(26)14-16(23-20(22)27)18-6-3-13-29-18/h1-6,13,16H,7-12,14H2,(H3,22,23,27). The topological polar surface area (TPSA) is 87.9 Å². The van der Waals surface area contributed by atoms with Gasteiger partial charge in [0.1, 0.15) is 12.4 Å². The number of hydrogen-bond acceptors (Lipinski definition) is 5. The smallest absolute Gasteiger partial charge is 0.312 e. The Hall–Kier alpha value is -2.29. The molecule has 1 unspecified atom stereocenters. The fourth-order valence-electron chi connectivity index (χ4n) is 3.26. The molecule has 1 aliphatic heterocycles. The largest absolute Gasteiger partial charge is 0.491 e. The van der Waals surface area contributed by atoms with Gasteiger partial charge >= 0.3 is 6.03 Å². The monoisotopic (exact) mass is 436 g/mol. The van der Waals surface area contributed by atoms with Gasteiger partial charge < -0.3 is 20.7 Å². The number of thiophene rings is 1. The van der Waals surface area contributed by atoms with Crippen molar-refractivity contribution in [1.29, 1.82) is 0 Å². The molecule has 1 saturated heterocycles. The van der Waals surface area contributed by atoms with E-state index in [1.807, 2.05) is 40.6 Å². The van der Waals surface area contributed by atoms with Crippen LogP contribution in [0.2, 0.25) is 5.02 Å². The number of nitrogens with two attached hydrogens (primary N) is 1. The number of carbonyl (C=O) groups is 2. The fraction of sp³-hybridized carbons (Fsp3) is 0.400. The molecule has 1 aromatic carbocycles. The van der Waals surface area contributed by atoms with E-state index in [0.717, 1.165) is 24.5 Å². The minimum Gasteiger partial charge on any atom is -0.491 e. The molecule has 3 amide bonds. The van der Waals surface area contributed by atoms with E-state index in [-0.39, 0.29) is 18.4 Å². The van der Waals surface area contributed by atoms with Crippen molar-refractivity contribution in [2.45, 2.75) is 12.5 Å². The molecule has 3 N–H and O–H groups in total. The SMILES string of the molecule is NC(=O)NC(CC(=O)N1CCN(CCOc2ccccc2Cl)CC1)c1cccs1. The van der Waals surface area contributed by atoms with Gasteiger partial charge in [0.2, 0.25) is 5.91 Å². The van der Waals surface area contributed by atoms with E-state index in [0.29, 0.717) is 30.5 Å². The van der Waals surface area contributed by atoms with E-state index in [1.165, 1.54) is 11.3 Å². The summed E-state index contributed by atoms with van der Waals surface area (Å²) in [6, 6.07) is 10.2. The Morgan fingerprint density at radius 1 is 1.17 bits per heavy atom. The summed E-state index contributed by atoms with van der Waals surface area (Å²) in [5, 5.41) is 5.19. The summed E-state index contributed by atoms with van der Waals surface area (Å²) >= 11 is 7.59. The van der Waals surface area contributed by atoms with Crippen molar-refractivity contribution >= 4 is 34.9 Å². The number of carbonyl (C=O) groups excluding carboxylic acids is 2. The first-order chi connectivity index (χ1) is 14.0. The molecule has 0 saturated carbocycles. The molecule has 1 atom stereocenters. The number of benzene rings is 1. The van der Waals surface area contributed by atoms with E-state index >= 15 is 0 Å². The maximum atomic E-state index is 12.7. The van der Waals surface area contributed by atoms with Gasteiger partial charge in [-0.05, 0) is 23.6 Å². The third-order valence-electron chi connectivity index (χ3n) is 4.81. The summed E-state index contributed by atoms with van der Waals surface area (Å²) in [5.41, 5.74) is 5.27. The van der Waals surface area contributed by atoms with Gasteiger partial charge in [-0.25, -0.2) is 4.79 Å². The molecule has 29 heavy (non-hydrogen) atoms. The average molecular weight is 437 g/mol. The quantitative estimate of drug-likeness (QED) is 0.666. The number of halogens is 1. The molecule has 156 valence electrons. The first-order valence-corrected chi connectivity index (χ1v) is 10.8. The number of piperazine rings is 1. The molecule has 2 heterocycles. The van der Waals surface area contributed by atoms with Crippen LogP contribution in [0.5, 0.6) is 5.75 Å².